The van der Waals surface area contributed by atoms with Gasteiger partial charge in [0.25, 0.3) is 5.56 Å². The summed E-state index contributed by atoms with van der Waals surface area (Å²) in [5.41, 5.74) is 1.83. The third-order valence-electron chi connectivity index (χ3n) is 4.95. The van der Waals surface area contributed by atoms with Gasteiger partial charge >= 0.3 is 6.09 Å². The van der Waals surface area contributed by atoms with Crippen LogP contribution in [0, 0.1) is 16.7 Å². The number of carbonyl (C=O) groups is 1. The van der Waals surface area contributed by atoms with Crippen LogP contribution in [0.4, 0.5) is 4.79 Å². The zero-order valence-corrected chi connectivity index (χ0v) is 17.2. The van der Waals surface area contributed by atoms with Gasteiger partial charge in [-0.3, -0.25) is 14.8 Å². The van der Waals surface area contributed by atoms with Gasteiger partial charge in [0.05, 0.1) is 18.0 Å². The summed E-state index contributed by atoms with van der Waals surface area (Å²) in [6.07, 6.45) is 2.53. The SMILES string of the molecule is Cn1cnc2ncn(CC(=N)OC(=O)NCCc3ccc4ccc(C#N)cc4c3)c(=O)c21. The van der Waals surface area contributed by atoms with E-state index in [1.54, 1.807) is 17.7 Å². The van der Waals surface area contributed by atoms with E-state index in [1.165, 1.54) is 17.2 Å². The lowest BCUT2D eigenvalue weighted by molar-refractivity contribution is 0.195. The van der Waals surface area contributed by atoms with Crippen LogP contribution in [0.2, 0.25) is 0 Å². The zero-order chi connectivity index (χ0) is 22.7. The first-order valence-electron chi connectivity index (χ1n) is 9.77. The Morgan fingerprint density at radius 3 is 2.78 bits per heavy atom. The van der Waals surface area contributed by atoms with Crippen molar-refractivity contribution >= 4 is 33.9 Å². The number of alkyl carbamates (subject to hydrolysis) is 1. The number of fused-ring (bicyclic) bond motifs is 2. The predicted molar refractivity (Wildman–Crippen MR) is 117 cm³/mol. The molecule has 0 saturated carbocycles. The van der Waals surface area contributed by atoms with Crippen LogP contribution in [-0.4, -0.2) is 37.6 Å². The highest BCUT2D eigenvalue weighted by atomic mass is 16.6. The van der Waals surface area contributed by atoms with Crippen molar-refractivity contribution in [3.05, 3.63) is 70.5 Å². The second kappa shape index (κ2) is 8.69. The lowest BCUT2D eigenvalue weighted by Crippen LogP contribution is -2.32. The molecule has 2 N–H and O–H groups in total. The number of hydrogen-bond donors (Lipinski definition) is 2. The number of benzene rings is 2. The van der Waals surface area contributed by atoms with Crippen LogP contribution in [0.15, 0.2) is 53.8 Å². The van der Waals surface area contributed by atoms with Crippen LogP contribution >= 0.6 is 0 Å². The Morgan fingerprint density at radius 2 is 1.97 bits per heavy atom. The van der Waals surface area contributed by atoms with Crippen molar-refractivity contribution in [2.75, 3.05) is 6.54 Å². The molecule has 0 bridgehead atoms. The van der Waals surface area contributed by atoms with E-state index in [-0.39, 0.29) is 18.0 Å². The van der Waals surface area contributed by atoms with E-state index >= 15 is 0 Å². The Labute approximate surface area is 182 Å². The smallest absolute Gasteiger partial charge is 0.394 e. The highest BCUT2D eigenvalue weighted by molar-refractivity contribution is 5.86. The number of nitrogens with zero attached hydrogens (tertiary/aromatic N) is 5. The standard InChI is InChI=1S/C22H19N7O3/c1-28-12-26-20-19(28)21(30)29(13-27-20)11-18(24)32-22(31)25-7-6-14-2-4-16-5-3-15(10-23)9-17(16)8-14/h2-5,8-9,12-13,24H,6-7,11H2,1H3,(H,25,31). The summed E-state index contributed by atoms with van der Waals surface area (Å²) in [4.78, 5) is 32.6. The quantitative estimate of drug-likeness (QED) is 0.368. The number of nitriles is 1. The fraction of sp³-hybridized carbons (Fsp3) is 0.182. The molecule has 0 fully saturated rings. The molecule has 4 aromatic rings. The molecule has 2 heterocycles. The van der Waals surface area contributed by atoms with E-state index in [4.69, 9.17) is 15.4 Å². The molecule has 0 spiro atoms. The predicted octanol–water partition coefficient (Wildman–Crippen LogP) is 2.10. The molecule has 0 unspecified atom stereocenters. The molecule has 0 aliphatic carbocycles. The van der Waals surface area contributed by atoms with Gasteiger partial charge in [-0.25, -0.2) is 14.8 Å². The van der Waals surface area contributed by atoms with E-state index in [2.05, 4.69) is 21.4 Å². The molecule has 0 aliphatic heterocycles. The van der Waals surface area contributed by atoms with Crippen LogP contribution in [-0.2, 0) is 24.8 Å². The molecule has 4 rings (SSSR count). The summed E-state index contributed by atoms with van der Waals surface area (Å²) in [5.74, 6) is -0.386. The number of nitrogens with one attached hydrogen (secondary N) is 2. The third kappa shape index (κ3) is 4.32. The monoisotopic (exact) mass is 429 g/mol. The first kappa shape index (κ1) is 20.7. The van der Waals surface area contributed by atoms with Gasteiger partial charge in [-0.1, -0.05) is 24.3 Å². The van der Waals surface area contributed by atoms with Crippen molar-refractivity contribution in [2.45, 2.75) is 13.0 Å². The molecule has 1 amide bonds. The summed E-state index contributed by atoms with van der Waals surface area (Å²) in [6.45, 7) is 0.0737. The number of amides is 1. The molecule has 0 atom stereocenters. The Hall–Kier alpha value is -4.52. The second-order valence-electron chi connectivity index (χ2n) is 7.20. The highest BCUT2D eigenvalue weighted by Gasteiger charge is 2.12. The summed E-state index contributed by atoms with van der Waals surface area (Å²) in [5, 5.41) is 21.5. The third-order valence-corrected chi connectivity index (χ3v) is 4.95. The van der Waals surface area contributed by atoms with E-state index in [9.17, 15) is 9.59 Å². The van der Waals surface area contributed by atoms with Gasteiger partial charge in [-0.2, -0.15) is 5.26 Å². The minimum atomic E-state index is -0.773. The summed E-state index contributed by atoms with van der Waals surface area (Å²) in [7, 11) is 1.68. The molecular formula is C22H19N7O3. The molecule has 0 radical (unpaired) electrons. The maximum atomic E-state index is 12.5. The van der Waals surface area contributed by atoms with Crippen molar-refractivity contribution in [3.8, 4) is 6.07 Å². The summed E-state index contributed by atoms with van der Waals surface area (Å²) in [6, 6.07) is 13.5. The average molecular weight is 429 g/mol. The van der Waals surface area contributed by atoms with Crippen LogP contribution in [0.5, 0.6) is 0 Å². The molecule has 0 aliphatic rings. The molecule has 10 nitrogen and oxygen atoms in total. The largest absolute Gasteiger partial charge is 0.413 e. The van der Waals surface area contributed by atoms with Gasteiger partial charge in [-0.05, 0) is 34.9 Å². The van der Waals surface area contributed by atoms with Gasteiger partial charge in [0, 0.05) is 13.6 Å². The average Bonchev–Trinajstić information content (AvgIpc) is 3.16. The lowest BCUT2D eigenvalue weighted by atomic mass is 10.0. The van der Waals surface area contributed by atoms with Crippen molar-refractivity contribution in [1.82, 2.24) is 24.4 Å². The maximum Gasteiger partial charge on any atom is 0.413 e. The van der Waals surface area contributed by atoms with E-state index < -0.39 is 6.09 Å². The van der Waals surface area contributed by atoms with Gasteiger partial charge < -0.3 is 14.6 Å². The van der Waals surface area contributed by atoms with Gasteiger partial charge in [0.2, 0.25) is 5.90 Å². The normalized spacial score (nSPS) is 10.8. The molecule has 160 valence electrons. The number of ether oxygens (including phenoxy) is 1. The fourth-order valence-electron chi connectivity index (χ4n) is 3.35. The van der Waals surface area contributed by atoms with Gasteiger partial charge in [-0.15, -0.1) is 0 Å². The van der Waals surface area contributed by atoms with Crippen molar-refractivity contribution < 1.29 is 9.53 Å². The number of imidazole rings is 1. The number of aromatic nitrogens is 4. The Bertz CT molecular complexity index is 1450. The summed E-state index contributed by atoms with van der Waals surface area (Å²) < 4.78 is 7.69. The van der Waals surface area contributed by atoms with Crippen molar-refractivity contribution in [3.63, 3.8) is 0 Å². The molecule has 2 aromatic carbocycles. The maximum absolute atomic E-state index is 12.5. The Morgan fingerprint density at radius 1 is 1.19 bits per heavy atom. The summed E-state index contributed by atoms with van der Waals surface area (Å²) >= 11 is 0. The highest BCUT2D eigenvalue weighted by Crippen LogP contribution is 2.18. The minimum absolute atomic E-state index is 0.230. The van der Waals surface area contributed by atoms with Crippen LogP contribution in [0.1, 0.15) is 11.1 Å². The first-order valence-corrected chi connectivity index (χ1v) is 9.77. The number of rotatable bonds is 5. The number of carbonyl (C=O) groups excluding carboxylic acids is 1. The number of hydrogen-bond acceptors (Lipinski definition) is 7. The zero-order valence-electron chi connectivity index (χ0n) is 17.2. The van der Waals surface area contributed by atoms with Crippen LogP contribution < -0.4 is 10.9 Å². The van der Waals surface area contributed by atoms with Crippen molar-refractivity contribution in [1.29, 1.82) is 10.7 Å². The Balaban J connectivity index is 1.31. The molecule has 2 aromatic heterocycles. The molecule has 10 heteroatoms. The van der Waals surface area contributed by atoms with Crippen molar-refractivity contribution in [2.24, 2.45) is 7.05 Å². The van der Waals surface area contributed by atoms with Crippen LogP contribution in [0.3, 0.4) is 0 Å². The van der Waals surface area contributed by atoms with E-state index in [0.29, 0.717) is 29.7 Å². The Kier molecular flexibility index (Phi) is 5.63. The molecule has 32 heavy (non-hydrogen) atoms. The van der Waals surface area contributed by atoms with E-state index in [0.717, 1.165) is 16.3 Å². The molecule has 0 saturated heterocycles. The second-order valence-corrected chi connectivity index (χ2v) is 7.20. The minimum Gasteiger partial charge on any atom is -0.394 e. The van der Waals surface area contributed by atoms with Gasteiger partial charge in [0.1, 0.15) is 12.9 Å². The van der Waals surface area contributed by atoms with E-state index in [1.807, 2.05) is 30.3 Å². The first-order chi connectivity index (χ1) is 15.4. The molecular weight excluding hydrogens is 410 g/mol. The van der Waals surface area contributed by atoms with Crippen LogP contribution in [0.25, 0.3) is 21.9 Å². The fourth-order valence-corrected chi connectivity index (χ4v) is 3.35. The lowest BCUT2D eigenvalue weighted by Gasteiger charge is -2.09. The number of aryl methyl sites for hydroxylation is 1. The van der Waals surface area contributed by atoms with Gasteiger partial charge in [0.15, 0.2) is 11.2 Å². The topological polar surface area (TPSA) is 139 Å².